The van der Waals surface area contributed by atoms with Crippen LogP contribution in [-0.2, 0) is 16.0 Å². The monoisotopic (exact) mass is 418 g/mol. The van der Waals surface area contributed by atoms with Crippen molar-refractivity contribution in [3.05, 3.63) is 75.4 Å². The van der Waals surface area contributed by atoms with Crippen molar-refractivity contribution in [2.45, 2.75) is 6.42 Å². The van der Waals surface area contributed by atoms with E-state index in [1.54, 1.807) is 36.4 Å². The summed E-state index contributed by atoms with van der Waals surface area (Å²) in [6, 6.07) is 12.9. The van der Waals surface area contributed by atoms with Gasteiger partial charge >= 0.3 is 0 Å². The number of halogens is 2. The van der Waals surface area contributed by atoms with Gasteiger partial charge in [0.15, 0.2) is 0 Å². The third-order valence-corrected chi connectivity index (χ3v) is 5.16. The third-order valence-electron chi connectivity index (χ3n) is 4.00. The standard InChI is InChI=1S/C20H16ClFN2O3S/c21-15-7-5-13(6-8-15)11-18(25)23-9-10-24-19(26)17(28-20(24)27)12-14-3-1-2-4-16(14)22/h1-8,12H,9-11H2,(H,23,25). The molecule has 3 rings (SSSR count). The van der Waals surface area contributed by atoms with Crippen molar-refractivity contribution in [1.29, 1.82) is 0 Å². The van der Waals surface area contributed by atoms with Gasteiger partial charge in [-0.2, -0.15) is 0 Å². The second kappa shape index (κ2) is 9.03. The molecule has 0 unspecified atom stereocenters. The van der Waals surface area contributed by atoms with Crippen molar-refractivity contribution in [3.63, 3.8) is 0 Å². The Labute approximate surface area is 170 Å². The first-order valence-electron chi connectivity index (χ1n) is 8.45. The maximum absolute atomic E-state index is 13.7. The van der Waals surface area contributed by atoms with Gasteiger partial charge in [-0.25, -0.2) is 4.39 Å². The largest absolute Gasteiger partial charge is 0.354 e. The van der Waals surface area contributed by atoms with Crippen molar-refractivity contribution >= 4 is 46.5 Å². The summed E-state index contributed by atoms with van der Waals surface area (Å²) in [5.41, 5.74) is 1.05. The Morgan fingerprint density at radius 3 is 2.57 bits per heavy atom. The van der Waals surface area contributed by atoms with Crippen LogP contribution in [0.4, 0.5) is 9.18 Å². The van der Waals surface area contributed by atoms with Gasteiger partial charge in [-0.05, 0) is 41.6 Å². The second-order valence-electron chi connectivity index (χ2n) is 6.01. The van der Waals surface area contributed by atoms with E-state index in [2.05, 4.69) is 5.32 Å². The van der Waals surface area contributed by atoms with Crippen molar-refractivity contribution in [2.75, 3.05) is 13.1 Å². The lowest BCUT2D eigenvalue weighted by Crippen LogP contribution is -2.37. The molecule has 2 aromatic carbocycles. The van der Waals surface area contributed by atoms with Gasteiger partial charge in [0.25, 0.3) is 11.1 Å². The highest BCUT2D eigenvalue weighted by Crippen LogP contribution is 2.32. The highest BCUT2D eigenvalue weighted by molar-refractivity contribution is 8.18. The molecule has 1 heterocycles. The van der Waals surface area contributed by atoms with Gasteiger partial charge in [-0.1, -0.05) is 41.9 Å². The molecule has 28 heavy (non-hydrogen) atoms. The van der Waals surface area contributed by atoms with Crippen LogP contribution in [0.1, 0.15) is 11.1 Å². The Balaban J connectivity index is 1.54. The normalized spacial score (nSPS) is 15.4. The Hall–Kier alpha value is -2.64. The number of imide groups is 1. The summed E-state index contributed by atoms with van der Waals surface area (Å²) >= 11 is 6.56. The van der Waals surface area contributed by atoms with Crippen LogP contribution in [0.15, 0.2) is 53.4 Å². The van der Waals surface area contributed by atoms with E-state index < -0.39 is 17.0 Å². The predicted molar refractivity (Wildman–Crippen MR) is 107 cm³/mol. The van der Waals surface area contributed by atoms with E-state index in [9.17, 15) is 18.8 Å². The van der Waals surface area contributed by atoms with Gasteiger partial charge in [-0.15, -0.1) is 0 Å². The van der Waals surface area contributed by atoms with E-state index in [1.165, 1.54) is 18.2 Å². The van der Waals surface area contributed by atoms with Gasteiger partial charge in [0.05, 0.1) is 11.3 Å². The number of rotatable bonds is 6. The van der Waals surface area contributed by atoms with Crippen LogP contribution in [0.25, 0.3) is 6.08 Å². The van der Waals surface area contributed by atoms with Crippen molar-refractivity contribution in [2.24, 2.45) is 0 Å². The van der Waals surface area contributed by atoms with Crippen LogP contribution in [0.3, 0.4) is 0 Å². The van der Waals surface area contributed by atoms with E-state index in [1.807, 2.05) is 0 Å². The smallest absolute Gasteiger partial charge is 0.293 e. The minimum absolute atomic E-state index is 0.0473. The summed E-state index contributed by atoms with van der Waals surface area (Å²) in [5.74, 6) is -1.19. The molecule has 0 aromatic heterocycles. The zero-order valence-electron chi connectivity index (χ0n) is 14.7. The first-order valence-corrected chi connectivity index (χ1v) is 9.64. The molecule has 0 saturated carbocycles. The number of nitrogens with zero attached hydrogens (tertiary/aromatic N) is 1. The molecule has 0 bridgehead atoms. The second-order valence-corrected chi connectivity index (χ2v) is 7.44. The zero-order valence-corrected chi connectivity index (χ0v) is 16.2. The SMILES string of the molecule is O=C(Cc1ccc(Cl)cc1)NCCN1C(=O)SC(=Cc2ccccc2F)C1=O. The molecule has 1 N–H and O–H groups in total. The first kappa shape index (κ1) is 20.1. The fourth-order valence-corrected chi connectivity index (χ4v) is 3.57. The minimum Gasteiger partial charge on any atom is -0.354 e. The van der Waals surface area contributed by atoms with Crippen LogP contribution in [0.2, 0.25) is 5.02 Å². The van der Waals surface area contributed by atoms with Crippen LogP contribution in [-0.4, -0.2) is 35.0 Å². The van der Waals surface area contributed by atoms with E-state index in [0.29, 0.717) is 5.02 Å². The molecule has 3 amide bonds. The van der Waals surface area contributed by atoms with Crippen LogP contribution in [0, 0.1) is 5.82 Å². The van der Waals surface area contributed by atoms with Crippen LogP contribution in [0.5, 0.6) is 0 Å². The number of carbonyl (C=O) groups is 3. The lowest BCUT2D eigenvalue weighted by atomic mass is 10.1. The molecule has 5 nitrogen and oxygen atoms in total. The quantitative estimate of drug-likeness (QED) is 0.723. The number of hydrogen-bond acceptors (Lipinski definition) is 4. The highest BCUT2D eigenvalue weighted by Gasteiger charge is 2.34. The molecule has 0 spiro atoms. The van der Waals surface area contributed by atoms with Crippen LogP contribution < -0.4 is 5.32 Å². The topological polar surface area (TPSA) is 66.5 Å². The van der Waals surface area contributed by atoms with E-state index >= 15 is 0 Å². The molecule has 2 aromatic rings. The molecule has 0 radical (unpaired) electrons. The van der Waals surface area contributed by atoms with E-state index in [4.69, 9.17) is 11.6 Å². The molecular weight excluding hydrogens is 403 g/mol. The van der Waals surface area contributed by atoms with Gasteiger partial charge in [0.2, 0.25) is 5.91 Å². The first-order chi connectivity index (χ1) is 13.4. The molecule has 0 aliphatic carbocycles. The summed E-state index contributed by atoms with van der Waals surface area (Å²) < 4.78 is 13.7. The lowest BCUT2D eigenvalue weighted by Gasteiger charge is -2.13. The average Bonchev–Trinajstić information content (AvgIpc) is 2.93. The number of amides is 3. The Morgan fingerprint density at radius 1 is 1.14 bits per heavy atom. The Kier molecular flexibility index (Phi) is 6.49. The van der Waals surface area contributed by atoms with Gasteiger partial charge in [-0.3, -0.25) is 19.3 Å². The number of thioether (sulfide) groups is 1. The molecule has 8 heteroatoms. The number of carbonyl (C=O) groups excluding carboxylic acids is 3. The number of benzene rings is 2. The number of hydrogen-bond donors (Lipinski definition) is 1. The molecule has 1 fully saturated rings. The van der Waals surface area contributed by atoms with E-state index in [0.717, 1.165) is 22.2 Å². The summed E-state index contributed by atoms with van der Waals surface area (Å²) in [7, 11) is 0. The van der Waals surface area contributed by atoms with E-state index in [-0.39, 0.29) is 35.9 Å². The van der Waals surface area contributed by atoms with Crippen LogP contribution >= 0.6 is 23.4 Å². The highest BCUT2D eigenvalue weighted by atomic mass is 35.5. The lowest BCUT2D eigenvalue weighted by molar-refractivity contribution is -0.124. The molecule has 0 atom stereocenters. The van der Waals surface area contributed by atoms with Gasteiger partial charge in [0, 0.05) is 23.7 Å². The average molecular weight is 419 g/mol. The molecule has 144 valence electrons. The molecule has 1 aliphatic rings. The van der Waals surface area contributed by atoms with Crippen molar-refractivity contribution in [1.82, 2.24) is 10.2 Å². The summed E-state index contributed by atoms with van der Waals surface area (Å²) in [6.45, 7) is 0.184. The maximum atomic E-state index is 13.7. The number of nitrogens with one attached hydrogen (secondary N) is 1. The maximum Gasteiger partial charge on any atom is 0.293 e. The molecule has 1 saturated heterocycles. The summed E-state index contributed by atoms with van der Waals surface area (Å²) in [6.07, 6.45) is 1.53. The predicted octanol–water partition coefficient (Wildman–Crippen LogP) is 3.87. The van der Waals surface area contributed by atoms with Gasteiger partial charge < -0.3 is 5.32 Å². The summed E-state index contributed by atoms with van der Waals surface area (Å²) in [4.78, 5) is 37.7. The fourth-order valence-electron chi connectivity index (χ4n) is 2.58. The van der Waals surface area contributed by atoms with Gasteiger partial charge in [0.1, 0.15) is 5.82 Å². The summed E-state index contributed by atoms with van der Waals surface area (Å²) in [5, 5.41) is 2.83. The van der Waals surface area contributed by atoms with Crippen molar-refractivity contribution < 1.29 is 18.8 Å². The minimum atomic E-state index is -0.495. The fraction of sp³-hybridized carbons (Fsp3) is 0.150. The third kappa shape index (κ3) is 4.99. The molecule has 1 aliphatic heterocycles. The Bertz CT molecular complexity index is 947. The zero-order chi connectivity index (χ0) is 20.1. The van der Waals surface area contributed by atoms with Crippen molar-refractivity contribution in [3.8, 4) is 0 Å². The Morgan fingerprint density at radius 2 is 1.86 bits per heavy atom. The molecular formula is C20H16ClFN2O3S.